The number of hydrogen-bond donors (Lipinski definition) is 0. The molecule has 27 heavy (non-hydrogen) atoms. The van der Waals surface area contributed by atoms with Gasteiger partial charge in [0.2, 0.25) is 0 Å². The van der Waals surface area contributed by atoms with E-state index < -0.39 is 0 Å². The molecule has 0 N–H and O–H groups in total. The van der Waals surface area contributed by atoms with Gasteiger partial charge in [-0.3, -0.25) is 0 Å². The molecule has 1 nitrogen and oxygen atoms in total. The monoisotopic (exact) mass is 362 g/mol. The SMILES string of the molecule is C=CCc1cc(CC(C)C)ccc1Oc1ccc(CC(C)C)cc1CC=C. The van der Waals surface area contributed by atoms with E-state index in [1.807, 2.05) is 12.2 Å². The first-order valence-corrected chi connectivity index (χ1v) is 10.1. The van der Waals surface area contributed by atoms with Gasteiger partial charge in [0.1, 0.15) is 11.5 Å². The average Bonchev–Trinajstić information content (AvgIpc) is 2.58. The minimum Gasteiger partial charge on any atom is -0.457 e. The van der Waals surface area contributed by atoms with Crippen molar-refractivity contribution in [2.45, 2.75) is 53.4 Å². The van der Waals surface area contributed by atoms with Crippen LogP contribution in [-0.2, 0) is 25.7 Å². The number of allylic oxidation sites excluding steroid dienone is 2. The fraction of sp³-hybridized carbons (Fsp3) is 0.385. The van der Waals surface area contributed by atoms with Crippen LogP contribution >= 0.6 is 0 Å². The van der Waals surface area contributed by atoms with Crippen LogP contribution in [0.25, 0.3) is 0 Å². The van der Waals surface area contributed by atoms with Crippen molar-refractivity contribution in [2.24, 2.45) is 11.8 Å². The zero-order valence-electron chi connectivity index (χ0n) is 17.4. The van der Waals surface area contributed by atoms with Gasteiger partial charge in [-0.2, -0.15) is 0 Å². The van der Waals surface area contributed by atoms with E-state index in [2.05, 4.69) is 77.3 Å². The highest BCUT2D eigenvalue weighted by molar-refractivity contribution is 5.45. The summed E-state index contributed by atoms with van der Waals surface area (Å²) in [6.07, 6.45) is 7.66. The van der Waals surface area contributed by atoms with Crippen LogP contribution in [0, 0.1) is 11.8 Å². The van der Waals surface area contributed by atoms with Crippen molar-refractivity contribution in [2.75, 3.05) is 0 Å². The Hall–Kier alpha value is -2.28. The van der Waals surface area contributed by atoms with Gasteiger partial charge < -0.3 is 4.74 Å². The van der Waals surface area contributed by atoms with E-state index in [0.29, 0.717) is 11.8 Å². The highest BCUT2D eigenvalue weighted by atomic mass is 16.5. The van der Waals surface area contributed by atoms with Crippen molar-refractivity contribution in [1.29, 1.82) is 0 Å². The van der Waals surface area contributed by atoms with Crippen LogP contribution in [0.4, 0.5) is 0 Å². The van der Waals surface area contributed by atoms with Crippen molar-refractivity contribution in [3.05, 3.63) is 84.0 Å². The van der Waals surface area contributed by atoms with Crippen LogP contribution in [0.1, 0.15) is 49.9 Å². The summed E-state index contributed by atoms with van der Waals surface area (Å²) in [5, 5.41) is 0. The standard InChI is InChI=1S/C26H34O/c1-7-9-23-17-21(15-19(3)4)11-13-25(23)27-26-14-12-22(16-20(5)6)18-24(26)10-8-2/h7-8,11-14,17-20H,1-2,9-10,15-16H2,3-6H3. The summed E-state index contributed by atoms with van der Waals surface area (Å²) in [7, 11) is 0. The Morgan fingerprint density at radius 3 is 1.48 bits per heavy atom. The minimum atomic E-state index is 0.640. The predicted octanol–water partition coefficient (Wildman–Crippen LogP) is 7.33. The Bertz CT molecular complexity index is 702. The molecule has 2 rings (SSSR count). The maximum atomic E-state index is 6.37. The Balaban J connectivity index is 2.33. The first kappa shape index (κ1) is 21.0. The summed E-state index contributed by atoms with van der Waals surface area (Å²) in [6.45, 7) is 16.8. The van der Waals surface area contributed by atoms with E-state index in [4.69, 9.17) is 4.74 Å². The van der Waals surface area contributed by atoms with E-state index in [1.54, 1.807) is 0 Å². The first-order valence-electron chi connectivity index (χ1n) is 10.1. The van der Waals surface area contributed by atoms with Crippen LogP contribution in [-0.4, -0.2) is 0 Å². The molecule has 0 heterocycles. The third-order valence-electron chi connectivity index (χ3n) is 4.49. The number of benzene rings is 2. The minimum absolute atomic E-state index is 0.640. The molecule has 0 amide bonds. The smallest absolute Gasteiger partial charge is 0.130 e. The first-order chi connectivity index (χ1) is 12.9. The maximum absolute atomic E-state index is 6.37. The van der Waals surface area contributed by atoms with Crippen LogP contribution in [0.2, 0.25) is 0 Å². The lowest BCUT2D eigenvalue weighted by molar-refractivity contribution is 0.471. The Labute approximate surface area is 165 Å². The molecule has 0 aromatic heterocycles. The Morgan fingerprint density at radius 1 is 0.741 bits per heavy atom. The molecule has 0 saturated heterocycles. The zero-order chi connectivity index (χ0) is 19.8. The molecule has 0 bridgehead atoms. The molecule has 2 aromatic carbocycles. The fourth-order valence-electron chi connectivity index (χ4n) is 3.41. The molecule has 0 fully saturated rings. The van der Waals surface area contributed by atoms with E-state index in [-0.39, 0.29) is 0 Å². The fourth-order valence-corrected chi connectivity index (χ4v) is 3.41. The molecule has 1 heteroatoms. The third kappa shape index (κ3) is 6.43. The lowest BCUT2D eigenvalue weighted by Gasteiger charge is -2.16. The second-order valence-electron chi connectivity index (χ2n) is 8.17. The van der Waals surface area contributed by atoms with Crippen LogP contribution in [0.3, 0.4) is 0 Å². The molecule has 0 aliphatic rings. The molecule has 144 valence electrons. The average molecular weight is 363 g/mol. The van der Waals surface area contributed by atoms with Crippen LogP contribution < -0.4 is 4.74 Å². The lowest BCUT2D eigenvalue weighted by atomic mass is 9.98. The van der Waals surface area contributed by atoms with Crippen molar-refractivity contribution in [3.63, 3.8) is 0 Å². The van der Waals surface area contributed by atoms with Gasteiger partial charge in [0.25, 0.3) is 0 Å². The molecule has 0 aliphatic carbocycles. The van der Waals surface area contributed by atoms with Gasteiger partial charge in [-0.1, -0.05) is 64.1 Å². The van der Waals surface area contributed by atoms with Gasteiger partial charge in [0, 0.05) is 0 Å². The summed E-state index contributed by atoms with van der Waals surface area (Å²) in [5.74, 6) is 3.12. The molecule has 0 unspecified atom stereocenters. The second-order valence-corrected chi connectivity index (χ2v) is 8.17. The normalized spacial score (nSPS) is 11.0. The highest BCUT2D eigenvalue weighted by Crippen LogP contribution is 2.31. The van der Waals surface area contributed by atoms with E-state index in [9.17, 15) is 0 Å². The highest BCUT2D eigenvalue weighted by Gasteiger charge is 2.11. The molecule has 0 saturated carbocycles. The summed E-state index contributed by atoms with van der Waals surface area (Å²) in [5.41, 5.74) is 5.10. The summed E-state index contributed by atoms with van der Waals surface area (Å²) < 4.78 is 6.37. The van der Waals surface area contributed by atoms with Crippen molar-refractivity contribution in [1.82, 2.24) is 0 Å². The maximum Gasteiger partial charge on any atom is 0.130 e. The van der Waals surface area contributed by atoms with Crippen LogP contribution in [0.5, 0.6) is 11.5 Å². The summed E-state index contributed by atoms with van der Waals surface area (Å²) >= 11 is 0. The summed E-state index contributed by atoms with van der Waals surface area (Å²) in [4.78, 5) is 0. The van der Waals surface area contributed by atoms with Gasteiger partial charge in [0.15, 0.2) is 0 Å². The van der Waals surface area contributed by atoms with Gasteiger partial charge in [0.05, 0.1) is 0 Å². The lowest BCUT2D eigenvalue weighted by Crippen LogP contribution is -2.00. The van der Waals surface area contributed by atoms with Crippen molar-refractivity contribution < 1.29 is 4.74 Å². The largest absolute Gasteiger partial charge is 0.457 e. The predicted molar refractivity (Wildman–Crippen MR) is 118 cm³/mol. The van der Waals surface area contributed by atoms with E-state index >= 15 is 0 Å². The van der Waals surface area contributed by atoms with Gasteiger partial charge in [-0.25, -0.2) is 0 Å². The van der Waals surface area contributed by atoms with Crippen LogP contribution in [0.15, 0.2) is 61.7 Å². The van der Waals surface area contributed by atoms with Crippen molar-refractivity contribution in [3.8, 4) is 11.5 Å². The van der Waals surface area contributed by atoms with E-state index in [1.165, 1.54) is 22.3 Å². The molecular weight excluding hydrogens is 328 g/mol. The molecule has 0 aliphatic heterocycles. The zero-order valence-corrected chi connectivity index (χ0v) is 17.4. The molecule has 0 spiro atoms. The Morgan fingerprint density at radius 2 is 1.15 bits per heavy atom. The van der Waals surface area contributed by atoms with Gasteiger partial charge in [-0.15, -0.1) is 13.2 Å². The molecule has 2 aromatic rings. The third-order valence-corrected chi connectivity index (χ3v) is 4.49. The van der Waals surface area contributed by atoms with E-state index in [0.717, 1.165) is 37.2 Å². The quantitative estimate of drug-likeness (QED) is 0.402. The Kier molecular flexibility index (Phi) is 7.91. The number of rotatable bonds is 10. The number of ether oxygens (including phenoxy) is 1. The topological polar surface area (TPSA) is 9.23 Å². The second kappa shape index (κ2) is 10.2. The van der Waals surface area contributed by atoms with Gasteiger partial charge >= 0.3 is 0 Å². The van der Waals surface area contributed by atoms with Gasteiger partial charge in [-0.05, 0) is 71.9 Å². The molecule has 0 atom stereocenters. The summed E-state index contributed by atoms with van der Waals surface area (Å²) in [6, 6.07) is 13.1. The number of hydrogen-bond acceptors (Lipinski definition) is 1. The molecular formula is C26H34O. The van der Waals surface area contributed by atoms with Crippen molar-refractivity contribution >= 4 is 0 Å². The molecule has 0 radical (unpaired) electrons.